The average Bonchev–Trinajstić information content (AvgIpc) is 3.12. The number of nitrogens with zero attached hydrogens (tertiary/aromatic N) is 2. The molecule has 2 fully saturated rings. The first-order valence-electron chi connectivity index (χ1n) is 7.44. The minimum Gasteiger partial charge on any atom is -0.340 e. The number of piperazine rings is 1. The first kappa shape index (κ1) is 18.1. The normalized spacial score (nSPS) is 25.0. The molecule has 3 rings (SSSR count). The standard InChI is InChI=1S/C13H17ClN2O5S3/c14-11-1-2-12(22-11)24(20,21)16-6-4-15(5-7-16)13(17)10-3-8-23(18,19)9-10/h1-2,10H,3-9H2/t10-/m0/s1. The third kappa shape index (κ3) is 3.62. The van der Waals surface area contributed by atoms with Crippen molar-refractivity contribution in [1.29, 1.82) is 0 Å². The van der Waals surface area contributed by atoms with Gasteiger partial charge in [-0.25, -0.2) is 16.8 Å². The maximum atomic E-state index is 12.5. The van der Waals surface area contributed by atoms with Gasteiger partial charge in [0.05, 0.1) is 21.8 Å². The van der Waals surface area contributed by atoms with E-state index >= 15 is 0 Å². The van der Waals surface area contributed by atoms with Crippen LogP contribution in [-0.2, 0) is 24.7 Å². The summed E-state index contributed by atoms with van der Waals surface area (Å²) in [7, 11) is -6.71. The SMILES string of the molecule is O=C([C@H]1CCS(=O)(=O)C1)N1CCN(S(=O)(=O)c2ccc(Cl)s2)CC1. The number of sulfone groups is 1. The molecule has 0 N–H and O–H groups in total. The molecule has 1 atom stereocenters. The molecular weight excluding hydrogens is 396 g/mol. The zero-order chi connectivity index (χ0) is 17.5. The van der Waals surface area contributed by atoms with E-state index in [2.05, 4.69) is 0 Å². The quantitative estimate of drug-likeness (QED) is 0.727. The lowest BCUT2D eigenvalue weighted by Crippen LogP contribution is -2.51. The van der Waals surface area contributed by atoms with Gasteiger partial charge in [0.15, 0.2) is 9.84 Å². The van der Waals surface area contributed by atoms with Gasteiger partial charge in [0.1, 0.15) is 4.21 Å². The fraction of sp³-hybridized carbons (Fsp3) is 0.615. The molecule has 134 valence electrons. The number of sulfonamides is 1. The fourth-order valence-electron chi connectivity index (χ4n) is 2.96. The Morgan fingerprint density at radius 1 is 1.21 bits per heavy atom. The predicted octanol–water partition coefficient (Wildman–Crippen LogP) is 0.669. The van der Waals surface area contributed by atoms with Crippen molar-refractivity contribution in [3.05, 3.63) is 16.5 Å². The van der Waals surface area contributed by atoms with E-state index in [1.165, 1.54) is 10.4 Å². The van der Waals surface area contributed by atoms with E-state index in [0.29, 0.717) is 10.8 Å². The summed E-state index contributed by atoms with van der Waals surface area (Å²) in [4.78, 5) is 14.0. The van der Waals surface area contributed by atoms with Gasteiger partial charge in [0.2, 0.25) is 5.91 Å². The molecule has 0 aliphatic carbocycles. The third-order valence-electron chi connectivity index (χ3n) is 4.27. The minimum absolute atomic E-state index is 0.0525. The van der Waals surface area contributed by atoms with E-state index in [1.807, 2.05) is 0 Å². The first-order chi connectivity index (χ1) is 11.2. The van der Waals surface area contributed by atoms with Crippen molar-refractivity contribution in [1.82, 2.24) is 9.21 Å². The highest BCUT2D eigenvalue weighted by Gasteiger charge is 2.37. The van der Waals surface area contributed by atoms with Crippen LogP contribution in [0.5, 0.6) is 0 Å². The highest BCUT2D eigenvalue weighted by Crippen LogP contribution is 2.29. The number of thiophene rings is 1. The summed E-state index contributed by atoms with van der Waals surface area (Å²) < 4.78 is 50.0. The van der Waals surface area contributed by atoms with E-state index in [4.69, 9.17) is 11.6 Å². The summed E-state index contributed by atoms with van der Waals surface area (Å²) in [6, 6.07) is 3.02. The van der Waals surface area contributed by atoms with Crippen LogP contribution in [0.1, 0.15) is 6.42 Å². The van der Waals surface area contributed by atoms with Crippen molar-refractivity contribution >= 4 is 48.7 Å². The van der Waals surface area contributed by atoms with Crippen LogP contribution < -0.4 is 0 Å². The van der Waals surface area contributed by atoms with Crippen LogP contribution in [0.2, 0.25) is 4.34 Å². The average molecular weight is 413 g/mol. The maximum Gasteiger partial charge on any atom is 0.252 e. The molecule has 0 aromatic carbocycles. The van der Waals surface area contributed by atoms with E-state index < -0.39 is 25.8 Å². The first-order valence-corrected chi connectivity index (χ1v) is 11.9. The summed E-state index contributed by atoms with van der Waals surface area (Å²) in [5, 5.41) is 0. The van der Waals surface area contributed by atoms with Gasteiger partial charge in [-0.2, -0.15) is 4.31 Å². The molecule has 2 aliphatic heterocycles. The summed E-state index contributed by atoms with van der Waals surface area (Å²) in [6.07, 6.45) is 0.355. The molecule has 1 amide bonds. The highest BCUT2D eigenvalue weighted by molar-refractivity contribution is 7.91. The van der Waals surface area contributed by atoms with E-state index in [-0.39, 0.29) is 47.8 Å². The summed E-state index contributed by atoms with van der Waals surface area (Å²) >= 11 is 6.80. The lowest BCUT2D eigenvalue weighted by atomic mass is 10.1. The fourth-order valence-corrected chi connectivity index (χ4v) is 7.75. The third-order valence-corrected chi connectivity index (χ3v) is 9.64. The van der Waals surface area contributed by atoms with Crippen LogP contribution >= 0.6 is 22.9 Å². The van der Waals surface area contributed by atoms with Crippen LogP contribution in [0.25, 0.3) is 0 Å². The number of hydrogen-bond acceptors (Lipinski definition) is 6. The lowest BCUT2D eigenvalue weighted by Gasteiger charge is -2.34. The monoisotopic (exact) mass is 412 g/mol. The number of amides is 1. The lowest BCUT2D eigenvalue weighted by molar-refractivity contribution is -0.135. The van der Waals surface area contributed by atoms with Crippen molar-refractivity contribution in [2.45, 2.75) is 10.6 Å². The molecule has 3 heterocycles. The molecule has 2 saturated heterocycles. The predicted molar refractivity (Wildman–Crippen MR) is 91.4 cm³/mol. The molecule has 0 spiro atoms. The number of carbonyl (C=O) groups excluding carboxylic acids is 1. The van der Waals surface area contributed by atoms with Crippen molar-refractivity contribution in [2.75, 3.05) is 37.7 Å². The smallest absolute Gasteiger partial charge is 0.252 e. The van der Waals surface area contributed by atoms with Gasteiger partial charge < -0.3 is 4.90 Å². The van der Waals surface area contributed by atoms with Crippen LogP contribution in [0.15, 0.2) is 16.3 Å². The summed E-state index contributed by atoms with van der Waals surface area (Å²) in [6.45, 7) is 0.938. The molecule has 0 saturated carbocycles. The number of hydrogen-bond donors (Lipinski definition) is 0. The molecule has 11 heteroatoms. The van der Waals surface area contributed by atoms with E-state index in [9.17, 15) is 21.6 Å². The van der Waals surface area contributed by atoms with Gasteiger partial charge in [-0.05, 0) is 18.6 Å². The molecule has 1 aromatic rings. The second-order valence-corrected chi connectivity index (χ2v) is 12.0. The Labute approximate surface area is 150 Å². The van der Waals surface area contributed by atoms with Crippen LogP contribution in [0.3, 0.4) is 0 Å². The maximum absolute atomic E-state index is 12.5. The number of carbonyl (C=O) groups is 1. The molecular formula is C13H17ClN2O5S3. The van der Waals surface area contributed by atoms with Crippen LogP contribution in [-0.4, -0.2) is 69.6 Å². The Bertz CT molecular complexity index is 841. The van der Waals surface area contributed by atoms with Gasteiger partial charge in [-0.1, -0.05) is 11.6 Å². The van der Waals surface area contributed by atoms with Gasteiger partial charge >= 0.3 is 0 Å². The van der Waals surface area contributed by atoms with Crippen molar-refractivity contribution in [2.24, 2.45) is 5.92 Å². The van der Waals surface area contributed by atoms with Crippen molar-refractivity contribution in [3.63, 3.8) is 0 Å². The van der Waals surface area contributed by atoms with Gasteiger partial charge in [-0.3, -0.25) is 4.79 Å². The molecule has 1 aromatic heterocycles. The minimum atomic E-state index is -3.59. The Kier molecular flexibility index (Phi) is 4.95. The molecule has 0 bridgehead atoms. The second-order valence-electron chi connectivity index (χ2n) is 5.89. The Morgan fingerprint density at radius 3 is 2.38 bits per heavy atom. The van der Waals surface area contributed by atoms with Crippen molar-refractivity contribution < 1.29 is 21.6 Å². The molecule has 7 nitrogen and oxygen atoms in total. The van der Waals surface area contributed by atoms with E-state index in [0.717, 1.165) is 11.3 Å². The number of rotatable bonds is 3. The van der Waals surface area contributed by atoms with E-state index in [1.54, 1.807) is 11.0 Å². The Morgan fingerprint density at radius 2 is 1.88 bits per heavy atom. The zero-order valence-corrected chi connectivity index (χ0v) is 15.9. The Balaban J connectivity index is 1.63. The highest BCUT2D eigenvalue weighted by atomic mass is 35.5. The largest absolute Gasteiger partial charge is 0.340 e. The zero-order valence-electron chi connectivity index (χ0n) is 12.7. The van der Waals surface area contributed by atoms with Crippen LogP contribution in [0, 0.1) is 5.92 Å². The molecule has 0 radical (unpaired) electrons. The summed E-state index contributed by atoms with van der Waals surface area (Å²) in [5.74, 6) is -0.726. The molecule has 0 unspecified atom stereocenters. The van der Waals surface area contributed by atoms with Gasteiger partial charge in [0.25, 0.3) is 10.0 Å². The number of halogens is 1. The van der Waals surface area contributed by atoms with Gasteiger partial charge in [-0.15, -0.1) is 11.3 Å². The van der Waals surface area contributed by atoms with Crippen LogP contribution in [0.4, 0.5) is 0 Å². The topological polar surface area (TPSA) is 91.8 Å². The molecule has 24 heavy (non-hydrogen) atoms. The second kappa shape index (κ2) is 6.56. The molecule has 2 aliphatic rings. The van der Waals surface area contributed by atoms with Gasteiger partial charge in [0, 0.05) is 26.2 Å². The summed E-state index contributed by atoms with van der Waals surface area (Å²) in [5.41, 5.74) is 0. The van der Waals surface area contributed by atoms with Crippen molar-refractivity contribution in [3.8, 4) is 0 Å². The Hall–Kier alpha value is -0.680.